The number of carbonyl (C=O) groups excluding carboxylic acids is 2. The molecule has 5 nitrogen and oxygen atoms in total. The van der Waals surface area contributed by atoms with Crippen molar-refractivity contribution in [1.82, 2.24) is 5.32 Å². The fourth-order valence-electron chi connectivity index (χ4n) is 2.03. The molecule has 0 aliphatic carbocycles. The highest BCUT2D eigenvalue weighted by molar-refractivity contribution is 5.91. The van der Waals surface area contributed by atoms with Crippen LogP contribution >= 0.6 is 0 Å². The van der Waals surface area contributed by atoms with Gasteiger partial charge in [-0.05, 0) is 49.2 Å². The van der Waals surface area contributed by atoms with Crippen molar-refractivity contribution in [1.29, 1.82) is 0 Å². The minimum absolute atomic E-state index is 0.00537. The highest BCUT2D eigenvalue weighted by atomic mass is 16.5. The SMILES string of the molecule is CC(C)NC(=O)COC(=O)c1ccc(-c2ccc(O)cc2)cc1. The van der Waals surface area contributed by atoms with Crippen molar-refractivity contribution in [2.75, 3.05) is 6.61 Å². The number of amides is 1. The summed E-state index contributed by atoms with van der Waals surface area (Å²) in [6.45, 7) is 3.38. The van der Waals surface area contributed by atoms with Gasteiger partial charge in [0, 0.05) is 6.04 Å². The summed E-state index contributed by atoms with van der Waals surface area (Å²) in [5.74, 6) is -0.663. The first-order chi connectivity index (χ1) is 11.0. The molecule has 0 atom stereocenters. The zero-order valence-electron chi connectivity index (χ0n) is 13.1. The maximum Gasteiger partial charge on any atom is 0.338 e. The molecule has 2 aromatic carbocycles. The Bertz CT molecular complexity index is 675. The molecule has 0 saturated heterocycles. The Morgan fingerprint density at radius 1 is 1.00 bits per heavy atom. The lowest BCUT2D eigenvalue weighted by Crippen LogP contribution is -2.33. The number of phenols is 1. The molecule has 0 aromatic heterocycles. The lowest BCUT2D eigenvalue weighted by atomic mass is 10.0. The lowest BCUT2D eigenvalue weighted by molar-refractivity contribution is -0.124. The molecule has 2 rings (SSSR count). The van der Waals surface area contributed by atoms with Crippen molar-refractivity contribution < 1.29 is 19.4 Å². The monoisotopic (exact) mass is 313 g/mol. The summed E-state index contributed by atoms with van der Waals surface area (Å²) in [4.78, 5) is 23.3. The predicted octanol–water partition coefficient (Wildman–Crippen LogP) is 2.74. The number of aromatic hydroxyl groups is 1. The van der Waals surface area contributed by atoms with Crippen molar-refractivity contribution in [3.8, 4) is 16.9 Å². The molecule has 0 aliphatic rings. The van der Waals surface area contributed by atoms with E-state index in [9.17, 15) is 14.7 Å². The average molecular weight is 313 g/mol. The second kappa shape index (κ2) is 7.45. The van der Waals surface area contributed by atoms with E-state index in [2.05, 4.69) is 5.32 Å². The molecule has 0 saturated carbocycles. The van der Waals surface area contributed by atoms with Crippen LogP contribution in [0.5, 0.6) is 5.75 Å². The summed E-state index contributed by atoms with van der Waals surface area (Å²) in [5.41, 5.74) is 2.23. The standard InChI is InChI=1S/C18H19NO4/c1-12(2)19-17(21)11-23-18(22)15-5-3-13(4-6-15)14-7-9-16(20)10-8-14/h3-10,12,20H,11H2,1-2H3,(H,19,21). The van der Waals surface area contributed by atoms with Crippen molar-refractivity contribution >= 4 is 11.9 Å². The molecule has 0 fully saturated rings. The quantitative estimate of drug-likeness (QED) is 0.832. The van der Waals surface area contributed by atoms with Gasteiger partial charge in [-0.3, -0.25) is 4.79 Å². The van der Waals surface area contributed by atoms with E-state index in [-0.39, 0.29) is 24.3 Å². The third kappa shape index (κ3) is 4.85. The summed E-state index contributed by atoms with van der Waals surface area (Å²) in [5, 5.41) is 11.9. The number of benzene rings is 2. The number of nitrogens with one attached hydrogen (secondary N) is 1. The van der Waals surface area contributed by atoms with E-state index in [1.54, 1.807) is 48.5 Å². The van der Waals surface area contributed by atoms with Gasteiger partial charge in [0.1, 0.15) is 5.75 Å². The first-order valence-corrected chi connectivity index (χ1v) is 7.31. The number of hydrogen-bond acceptors (Lipinski definition) is 4. The van der Waals surface area contributed by atoms with E-state index in [0.29, 0.717) is 5.56 Å². The first-order valence-electron chi connectivity index (χ1n) is 7.31. The van der Waals surface area contributed by atoms with Gasteiger partial charge in [0.15, 0.2) is 6.61 Å². The van der Waals surface area contributed by atoms with Crippen LogP contribution in [-0.4, -0.2) is 29.6 Å². The zero-order valence-corrected chi connectivity index (χ0v) is 13.1. The van der Waals surface area contributed by atoms with Gasteiger partial charge in [-0.15, -0.1) is 0 Å². The summed E-state index contributed by atoms with van der Waals surface area (Å²) >= 11 is 0. The van der Waals surface area contributed by atoms with E-state index >= 15 is 0 Å². The Labute approximate surface area is 134 Å². The number of esters is 1. The molecule has 5 heteroatoms. The Balaban J connectivity index is 1.97. The maximum absolute atomic E-state index is 11.9. The summed E-state index contributed by atoms with van der Waals surface area (Å²) < 4.78 is 4.97. The number of ether oxygens (including phenoxy) is 1. The summed E-state index contributed by atoms with van der Waals surface area (Å²) in [6, 6.07) is 13.7. The van der Waals surface area contributed by atoms with E-state index in [1.165, 1.54) is 0 Å². The lowest BCUT2D eigenvalue weighted by Gasteiger charge is -2.09. The van der Waals surface area contributed by atoms with Gasteiger partial charge in [-0.25, -0.2) is 4.79 Å². The van der Waals surface area contributed by atoms with Gasteiger partial charge in [-0.1, -0.05) is 24.3 Å². The fourth-order valence-corrected chi connectivity index (χ4v) is 2.03. The van der Waals surface area contributed by atoms with Gasteiger partial charge >= 0.3 is 5.97 Å². The van der Waals surface area contributed by atoms with Gasteiger partial charge < -0.3 is 15.2 Å². The topological polar surface area (TPSA) is 75.6 Å². The first kappa shape index (κ1) is 16.5. The van der Waals surface area contributed by atoms with Crippen LogP contribution in [0.1, 0.15) is 24.2 Å². The van der Waals surface area contributed by atoms with E-state index < -0.39 is 5.97 Å². The van der Waals surface area contributed by atoms with Gasteiger partial charge in [0.05, 0.1) is 5.56 Å². The molecular weight excluding hydrogens is 294 g/mol. The summed E-state index contributed by atoms with van der Waals surface area (Å²) in [6.07, 6.45) is 0. The third-order valence-corrected chi connectivity index (χ3v) is 3.11. The molecule has 0 spiro atoms. The molecule has 23 heavy (non-hydrogen) atoms. The fraction of sp³-hybridized carbons (Fsp3) is 0.222. The molecule has 120 valence electrons. The molecule has 2 N–H and O–H groups in total. The normalized spacial score (nSPS) is 10.4. The third-order valence-electron chi connectivity index (χ3n) is 3.11. The molecule has 0 aliphatic heterocycles. The van der Waals surface area contributed by atoms with Crippen LogP contribution in [-0.2, 0) is 9.53 Å². The van der Waals surface area contributed by atoms with E-state index in [4.69, 9.17) is 4.74 Å². The van der Waals surface area contributed by atoms with Crippen LogP contribution < -0.4 is 5.32 Å². The largest absolute Gasteiger partial charge is 0.508 e. The molecule has 1 amide bonds. The van der Waals surface area contributed by atoms with Gasteiger partial charge in [-0.2, -0.15) is 0 Å². The highest BCUT2D eigenvalue weighted by Crippen LogP contribution is 2.22. The summed E-state index contributed by atoms with van der Waals surface area (Å²) in [7, 11) is 0. The Kier molecular flexibility index (Phi) is 5.36. The van der Waals surface area contributed by atoms with Gasteiger partial charge in [0.25, 0.3) is 5.91 Å². The van der Waals surface area contributed by atoms with E-state index in [1.807, 2.05) is 13.8 Å². The van der Waals surface area contributed by atoms with Crippen LogP contribution in [0.4, 0.5) is 0 Å². The number of carbonyl (C=O) groups is 2. The van der Waals surface area contributed by atoms with Crippen LogP contribution in [0.25, 0.3) is 11.1 Å². The number of hydrogen-bond donors (Lipinski definition) is 2. The van der Waals surface area contributed by atoms with Gasteiger partial charge in [0.2, 0.25) is 0 Å². The minimum Gasteiger partial charge on any atom is -0.508 e. The van der Waals surface area contributed by atoms with Crippen LogP contribution in [0, 0.1) is 0 Å². The van der Waals surface area contributed by atoms with Crippen LogP contribution in [0.15, 0.2) is 48.5 Å². The van der Waals surface area contributed by atoms with Crippen molar-refractivity contribution in [2.45, 2.75) is 19.9 Å². The molecule has 0 radical (unpaired) electrons. The smallest absolute Gasteiger partial charge is 0.338 e. The molecule has 0 heterocycles. The molecule has 2 aromatic rings. The predicted molar refractivity (Wildman–Crippen MR) is 87.1 cm³/mol. The Morgan fingerprint density at radius 2 is 1.52 bits per heavy atom. The average Bonchev–Trinajstić information content (AvgIpc) is 2.53. The molecular formula is C18H19NO4. The van der Waals surface area contributed by atoms with Crippen molar-refractivity contribution in [2.24, 2.45) is 0 Å². The second-order valence-electron chi connectivity index (χ2n) is 5.42. The number of rotatable bonds is 5. The van der Waals surface area contributed by atoms with Crippen LogP contribution in [0.3, 0.4) is 0 Å². The van der Waals surface area contributed by atoms with E-state index in [0.717, 1.165) is 11.1 Å². The van der Waals surface area contributed by atoms with Crippen LogP contribution in [0.2, 0.25) is 0 Å². The minimum atomic E-state index is -0.541. The maximum atomic E-state index is 11.9. The zero-order chi connectivity index (χ0) is 16.8. The highest BCUT2D eigenvalue weighted by Gasteiger charge is 2.11. The number of phenolic OH excluding ortho intramolecular Hbond substituents is 1. The Hall–Kier alpha value is -2.82. The molecule has 0 unspecified atom stereocenters. The van der Waals surface area contributed by atoms with Crippen molar-refractivity contribution in [3.05, 3.63) is 54.1 Å². The van der Waals surface area contributed by atoms with Crippen molar-refractivity contribution in [3.63, 3.8) is 0 Å². The second-order valence-corrected chi connectivity index (χ2v) is 5.42. The molecule has 0 bridgehead atoms. The Morgan fingerprint density at radius 3 is 2.04 bits per heavy atom.